The van der Waals surface area contributed by atoms with Crippen LogP contribution in [0.4, 0.5) is 26.3 Å². The van der Waals surface area contributed by atoms with Crippen LogP contribution in [0.15, 0.2) is 34.8 Å². The molecule has 1 aromatic rings. The molecule has 162 valence electrons. The van der Waals surface area contributed by atoms with E-state index >= 15 is 0 Å². The molecule has 0 bridgehead atoms. The van der Waals surface area contributed by atoms with E-state index in [0.29, 0.717) is 0 Å². The number of carbonyl (C=O) groups is 1. The Labute approximate surface area is 172 Å². The van der Waals surface area contributed by atoms with Gasteiger partial charge in [0.05, 0.1) is 5.92 Å². The molecule has 0 radical (unpaired) electrons. The highest BCUT2D eigenvalue weighted by Gasteiger charge is 2.61. The zero-order chi connectivity index (χ0) is 22.2. The summed E-state index contributed by atoms with van der Waals surface area (Å²) >= 11 is 11.2. The van der Waals surface area contributed by atoms with E-state index in [2.05, 4.69) is 4.74 Å². The Bertz CT molecular complexity index is 790. The van der Waals surface area contributed by atoms with Crippen LogP contribution in [0.3, 0.4) is 0 Å². The molecule has 0 aliphatic heterocycles. The van der Waals surface area contributed by atoms with Gasteiger partial charge in [-0.15, -0.1) is 0 Å². The van der Waals surface area contributed by atoms with E-state index in [-0.39, 0.29) is 22.6 Å². The average Bonchev–Trinajstić information content (AvgIpc) is 3.10. The molecular formula is C18H16Cl2F6O3. The van der Waals surface area contributed by atoms with Gasteiger partial charge in [-0.3, -0.25) is 4.79 Å². The quantitative estimate of drug-likeness (QED) is 0.356. The third kappa shape index (κ3) is 5.72. The van der Waals surface area contributed by atoms with Crippen molar-refractivity contribution in [2.24, 2.45) is 17.3 Å². The van der Waals surface area contributed by atoms with Gasteiger partial charge in [-0.1, -0.05) is 49.2 Å². The van der Waals surface area contributed by atoms with Gasteiger partial charge < -0.3 is 9.47 Å². The monoisotopic (exact) mass is 464 g/mol. The Balaban J connectivity index is 2.00. The molecule has 0 aromatic heterocycles. The first-order valence-corrected chi connectivity index (χ1v) is 8.98. The average molecular weight is 465 g/mol. The molecule has 11 heteroatoms. The number of rotatable bonds is 7. The van der Waals surface area contributed by atoms with Crippen LogP contribution in [0.5, 0.6) is 5.75 Å². The second-order valence-electron chi connectivity index (χ2n) is 7.10. The molecule has 1 aliphatic carbocycles. The molecule has 1 saturated carbocycles. The molecular weight excluding hydrogens is 449 g/mol. The summed E-state index contributed by atoms with van der Waals surface area (Å²) in [7, 11) is 0. The van der Waals surface area contributed by atoms with Gasteiger partial charge in [0.15, 0.2) is 0 Å². The van der Waals surface area contributed by atoms with Crippen molar-refractivity contribution < 1.29 is 40.6 Å². The summed E-state index contributed by atoms with van der Waals surface area (Å²) in [6, 6.07) is 4.42. The summed E-state index contributed by atoms with van der Waals surface area (Å²) in [6.45, 7) is 3.26. The van der Waals surface area contributed by atoms with E-state index < -0.39 is 41.5 Å². The smallest absolute Gasteiger partial charge is 0.439 e. The topological polar surface area (TPSA) is 35.5 Å². The second kappa shape index (κ2) is 8.26. The highest BCUT2D eigenvalue weighted by Crippen LogP contribution is 2.60. The first-order valence-electron chi connectivity index (χ1n) is 8.22. The first kappa shape index (κ1) is 23.7. The number of benzene rings is 1. The molecule has 0 amide bonds. The van der Waals surface area contributed by atoms with Crippen LogP contribution in [0.2, 0.25) is 0 Å². The molecule has 0 saturated heterocycles. The fraction of sp³-hybridized carbons (Fsp3) is 0.500. The van der Waals surface area contributed by atoms with E-state index in [1.54, 1.807) is 13.8 Å². The Hall–Kier alpha value is -1.61. The van der Waals surface area contributed by atoms with Crippen molar-refractivity contribution in [2.45, 2.75) is 38.9 Å². The standard InChI is InChI=1S/C18H16Cl2F6O3/c1-16(2)11(7-12(19)20)13(16)14(27)28-8-9-4-3-5-10(6-9)29-18(25,26)15(21)17(22,23)24/h3-7,11,13,15H,8H2,1-2H3. The molecule has 0 heterocycles. The third-order valence-corrected chi connectivity index (χ3v) is 4.84. The van der Waals surface area contributed by atoms with E-state index in [1.807, 2.05) is 0 Å². The molecule has 3 nitrogen and oxygen atoms in total. The van der Waals surface area contributed by atoms with Crippen LogP contribution < -0.4 is 4.74 Å². The molecule has 29 heavy (non-hydrogen) atoms. The SMILES string of the molecule is CC1(C)C(C=C(Cl)Cl)C1C(=O)OCc1cccc(OC(F)(F)C(F)C(F)(F)F)c1. The molecule has 0 N–H and O–H groups in total. The normalized spacial score (nSPS) is 21.9. The van der Waals surface area contributed by atoms with Gasteiger partial charge >= 0.3 is 18.3 Å². The van der Waals surface area contributed by atoms with Crippen LogP contribution in [0, 0.1) is 17.3 Å². The van der Waals surface area contributed by atoms with Crippen LogP contribution in [-0.4, -0.2) is 24.4 Å². The van der Waals surface area contributed by atoms with E-state index in [9.17, 15) is 31.1 Å². The van der Waals surface area contributed by atoms with Gasteiger partial charge in [0.1, 0.15) is 16.8 Å². The van der Waals surface area contributed by atoms with E-state index in [1.165, 1.54) is 18.2 Å². The van der Waals surface area contributed by atoms with Crippen molar-refractivity contribution in [1.82, 2.24) is 0 Å². The van der Waals surface area contributed by atoms with E-state index in [0.717, 1.165) is 12.1 Å². The molecule has 3 unspecified atom stereocenters. The predicted molar refractivity (Wildman–Crippen MR) is 93.3 cm³/mol. The highest BCUT2D eigenvalue weighted by atomic mass is 35.5. The molecule has 2 rings (SSSR count). The number of allylic oxidation sites excluding steroid dienone is 1. The van der Waals surface area contributed by atoms with Gasteiger partial charge in [-0.2, -0.15) is 22.0 Å². The summed E-state index contributed by atoms with van der Waals surface area (Å²) in [4.78, 5) is 12.2. The molecule has 1 aliphatic rings. The van der Waals surface area contributed by atoms with Crippen molar-refractivity contribution >= 4 is 29.2 Å². The minimum Gasteiger partial charge on any atom is -0.461 e. The number of carbonyl (C=O) groups excluding carboxylic acids is 1. The first-order chi connectivity index (χ1) is 13.2. The number of hydrogen-bond donors (Lipinski definition) is 0. The summed E-state index contributed by atoms with van der Waals surface area (Å²) in [5.74, 6) is -2.05. The minimum absolute atomic E-state index is 0.00850. The Morgan fingerprint density at radius 1 is 1.24 bits per heavy atom. The van der Waals surface area contributed by atoms with Crippen LogP contribution in [-0.2, 0) is 16.1 Å². The highest BCUT2D eigenvalue weighted by molar-refractivity contribution is 6.55. The minimum atomic E-state index is -5.79. The van der Waals surface area contributed by atoms with Crippen LogP contribution in [0.1, 0.15) is 19.4 Å². The van der Waals surface area contributed by atoms with Crippen molar-refractivity contribution in [3.63, 3.8) is 0 Å². The largest absolute Gasteiger partial charge is 0.461 e. The summed E-state index contributed by atoms with van der Waals surface area (Å²) < 4.78 is 85.2. The maximum Gasteiger partial charge on any atom is 0.439 e. The lowest BCUT2D eigenvalue weighted by Gasteiger charge is -2.23. The van der Waals surface area contributed by atoms with Crippen LogP contribution >= 0.6 is 23.2 Å². The number of esters is 1. The molecule has 0 spiro atoms. The fourth-order valence-electron chi connectivity index (χ4n) is 2.92. The Kier molecular flexibility index (Phi) is 6.74. The van der Waals surface area contributed by atoms with Crippen molar-refractivity contribution in [1.29, 1.82) is 0 Å². The zero-order valence-corrected chi connectivity index (χ0v) is 16.6. The van der Waals surface area contributed by atoms with Gasteiger partial charge in [0, 0.05) is 0 Å². The van der Waals surface area contributed by atoms with Crippen molar-refractivity contribution in [3.8, 4) is 5.75 Å². The number of hydrogen-bond acceptors (Lipinski definition) is 3. The van der Waals surface area contributed by atoms with E-state index in [4.69, 9.17) is 27.9 Å². The maximum absolute atomic E-state index is 13.4. The molecule has 1 aromatic carbocycles. The van der Waals surface area contributed by atoms with Gasteiger partial charge in [-0.05, 0) is 35.1 Å². The number of alkyl halides is 6. The summed E-state index contributed by atoms with van der Waals surface area (Å²) in [5, 5.41) is 0. The lowest BCUT2D eigenvalue weighted by atomic mass is 10.1. The fourth-order valence-corrected chi connectivity index (χ4v) is 3.19. The second-order valence-corrected chi connectivity index (χ2v) is 8.11. The summed E-state index contributed by atoms with van der Waals surface area (Å²) in [5.41, 5.74) is -0.276. The van der Waals surface area contributed by atoms with Gasteiger partial charge in [0.2, 0.25) is 0 Å². The Morgan fingerprint density at radius 3 is 2.41 bits per heavy atom. The van der Waals surface area contributed by atoms with Crippen molar-refractivity contribution in [2.75, 3.05) is 0 Å². The lowest BCUT2D eigenvalue weighted by Crippen LogP contribution is -2.45. The van der Waals surface area contributed by atoms with Gasteiger partial charge in [-0.25, -0.2) is 4.39 Å². The van der Waals surface area contributed by atoms with Crippen molar-refractivity contribution in [3.05, 3.63) is 40.4 Å². The number of halogens is 8. The zero-order valence-electron chi connectivity index (χ0n) is 15.1. The Morgan fingerprint density at radius 2 is 1.86 bits per heavy atom. The predicted octanol–water partition coefficient (Wildman–Crippen LogP) is 6.19. The third-order valence-electron chi connectivity index (χ3n) is 4.59. The lowest BCUT2D eigenvalue weighted by molar-refractivity contribution is -0.305. The van der Waals surface area contributed by atoms with Gasteiger partial charge in [0.25, 0.3) is 6.17 Å². The molecule has 1 fully saturated rings. The van der Waals surface area contributed by atoms with Crippen LogP contribution in [0.25, 0.3) is 0 Å². The number of ether oxygens (including phenoxy) is 2. The molecule has 3 atom stereocenters. The summed E-state index contributed by atoms with van der Waals surface area (Å²) in [6.07, 6.45) is -13.9. The maximum atomic E-state index is 13.4.